The standard InChI is InChI=1S/C20H28O2Si2/c1-14(24(6,7)8)19-18(13-23(3,4)5)16-11-9-10-12-17(16)20(19)22-15(2)21/h9-13H,1H2,2-8H3/b18-13+. The zero-order valence-corrected chi connectivity index (χ0v) is 17.9. The summed E-state index contributed by atoms with van der Waals surface area (Å²) in [7, 11) is -3.11. The third-order valence-corrected chi connectivity index (χ3v) is 7.20. The van der Waals surface area contributed by atoms with Crippen LogP contribution in [0.25, 0.3) is 11.3 Å². The van der Waals surface area contributed by atoms with Crippen molar-refractivity contribution >= 4 is 33.4 Å². The molecule has 0 aliphatic heterocycles. The first-order valence-electron chi connectivity index (χ1n) is 8.37. The minimum absolute atomic E-state index is 0.282. The fraction of sp³-hybridized carbons (Fsp3) is 0.350. The maximum absolute atomic E-state index is 11.7. The molecule has 1 aliphatic rings. The molecule has 2 nitrogen and oxygen atoms in total. The van der Waals surface area contributed by atoms with Crippen LogP contribution in [-0.2, 0) is 9.53 Å². The number of carbonyl (C=O) groups is 1. The van der Waals surface area contributed by atoms with Crippen LogP contribution >= 0.6 is 0 Å². The van der Waals surface area contributed by atoms with Crippen LogP contribution in [0.4, 0.5) is 0 Å². The molecule has 0 spiro atoms. The molecule has 24 heavy (non-hydrogen) atoms. The highest BCUT2D eigenvalue weighted by Gasteiger charge is 2.35. The highest BCUT2D eigenvalue weighted by Crippen LogP contribution is 2.47. The van der Waals surface area contributed by atoms with Crippen LogP contribution in [0.1, 0.15) is 18.1 Å². The predicted molar refractivity (Wildman–Crippen MR) is 109 cm³/mol. The summed E-state index contributed by atoms with van der Waals surface area (Å²) in [5, 5.41) is 1.14. The van der Waals surface area contributed by atoms with E-state index in [1.54, 1.807) is 0 Å². The van der Waals surface area contributed by atoms with Gasteiger partial charge in [0.2, 0.25) is 0 Å². The van der Waals surface area contributed by atoms with E-state index in [2.05, 4.69) is 57.6 Å². The average molecular weight is 357 g/mol. The molecule has 0 aromatic heterocycles. The number of ether oxygens (including phenoxy) is 1. The molecule has 1 aromatic rings. The second kappa shape index (κ2) is 6.33. The van der Waals surface area contributed by atoms with Gasteiger partial charge in [0.05, 0.1) is 16.1 Å². The quantitative estimate of drug-likeness (QED) is 0.513. The first-order valence-corrected chi connectivity index (χ1v) is 15.4. The van der Waals surface area contributed by atoms with Crippen molar-refractivity contribution in [2.24, 2.45) is 0 Å². The van der Waals surface area contributed by atoms with Gasteiger partial charge in [0.15, 0.2) is 0 Å². The van der Waals surface area contributed by atoms with Crippen molar-refractivity contribution in [2.75, 3.05) is 0 Å². The number of allylic oxidation sites excluding steroid dienone is 3. The van der Waals surface area contributed by atoms with Crippen LogP contribution in [0.2, 0.25) is 39.3 Å². The van der Waals surface area contributed by atoms with Gasteiger partial charge in [-0.1, -0.05) is 81.0 Å². The van der Waals surface area contributed by atoms with E-state index >= 15 is 0 Å². The molecule has 0 radical (unpaired) electrons. The molecule has 0 amide bonds. The van der Waals surface area contributed by atoms with Gasteiger partial charge in [-0.2, -0.15) is 0 Å². The molecule has 0 atom stereocenters. The zero-order valence-electron chi connectivity index (χ0n) is 15.9. The van der Waals surface area contributed by atoms with E-state index in [-0.39, 0.29) is 5.97 Å². The van der Waals surface area contributed by atoms with Crippen molar-refractivity contribution in [3.63, 3.8) is 0 Å². The highest BCUT2D eigenvalue weighted by molar-refractivity contribution is 6.85. The Kier molecular flexibility index (Phi) is 4.93. The zero-order chi connectivity index (χ0) is 18.3. The van der Waals surface area contributed by atoms with Crippen molar-refractivity contribution < 1.29 is 9.53 Å². The van der Waals surface area contributed by atoms with Crippen molar-refractivity contribution in [2.45, 2.75) is 46.2 Å². The van der Waals surface area contributed by atoms with Crippen molar-refractivity contribution in [1.29, 1.82) is 0 Å². The molecule has 0 saturated heterocycles. The van der Waals surface area contributed by atoms with E-state index in [9.17, 15) is 4.79 Å². The molecule has 0 saturated carbocycles. The van der Waals surface area contributed by atoms with E-state index in [1.807, 2.05) is 18.2 Å². The summed E-state index contributed by atoms with van der Waals surface area (Å²) in [6.07, 6.45) is 0. The van der Waals surface area contributed by atoms with E-state index in [0.29, 0.717) is 5.76 Å². The number of rotatable bonds is 4. The molecule has 4 heteroatoms. The molecule has 0 fully saturated rings. The Morgan fingerprint density at radius 3 is 2.04 bits per heavy atom. The second-order valence-corrected chi connectivity index (χ2v) is 18.6. The first-order chi connectivity index (χ1) is 10.9. The van der Waals surface area contributed by atoms with Gasteiger partial charge in [-0.05, 0) is 11.1 Å². The van der Waals surface area contributed by atoms with E-state index < -0.39 is 16.1 Å². The monoisotopic (exact) mass is 356 g/mol. The third-order valence-electron chi connectivity index (χ3n) is 3.99. The first kappa shape index (κ1) is 18.7. The summed E-state index contributed by atoms with van der Waals surface area (Å²) < 4.78 is 5.69. The molecule has 0 N–H and O–H groups in total. The lowest BCUT2D eigenvalue weighted by Crippen LogP contribution is -2.25. The Hall–Kier alpha value is -1.66. The Bertz CT molecular complexity index is 757. The molecule has 2 rings (SSSR count). The van der Waals surface area contributed by atoms with Crippen molar-refractivity contribution in [1.82, 2.24) is 0 Å². The fourth-order valence-corrected chi connectivity index (χ4v) is 4.98. The summed E-state index contributed by atoms with van der Waals surface area (Å²) in [5.41, 5.74) is 6.82. The number of fused-ring (bicyclic) bond motifs is 1. The Morgan fingerprint density at radius 2 is 1.58 bits per heavy atom. The number of hydrogen-bond donors (Lipinski definition) is 0. The van der Waals surface area contributed by atoms with Gasteiger partial charge < -0.3 is 4.74 Å². The van der Waals surface area contributed by atoms with Gasteiger partial charge in [0.25, 0.3) is 0 Å². The van der Waals surface area contributed by atoms with Crippen LogP contribution in [-0.4, -0.2) is 22.1 Å². The largest absolute Gasteiger partial charge is 0.425 e. The Balaban J connectivity index is 2.80. The lowest BCUT2D eigenvalue weighted by Gasteiger charge is -2.24. The molecule has 0 unspecified atom stereocenters. The number of esters is 1. The van der Waals surface area contributed by atoms with Gasteiger partial charge >= 0.3 is 5.97 Å². The predicted octanol–water partition coefficient (Wildman–Crippen LogP) is 5.67. The van der Waals surface area contributed by atoms with E-state index in [0.717, 1.165) is 21.9 Å². The van der Waals surface area contributed by atoms with Crippen molar-refractivity contribution in [3.8, 4) is 0 Å². The average Bonchev–Trinajstić information content (AvgIpc) is 2.69. The van der Waals surface area contributed by atoms with Gasteiger partial charge in [-0.25, -0.2) is 0 Å². The summed E-state index contributed by atoms with van der Waals surface area (Å²) in [6, 6.07) is 8.20. The summed E-state index contributed by atoms with van der Waals surface area (Å²) in [6.45, 7) is 19.7. The SMILES string of the molecule is C=C(C1=C(OC(C)=O)c2ccccc2/C1=C\[Si](C)(C)C)[Si](C)(C)C. The smallest absolute Gasteiger partial charge is 0.308 e. The highest BCUT2D eigenvalue weighted by atomic mass is 28.3. The van der Waals surface area contributed by atoms with Gasteiger partial charge in [0, 0.05) is 18.1 Å². The topological polar surface area (TPSA) is 26.3 Å². The molecule has 1 aromatic carbocycles. The summed E-state index contributed by atoms with van der Waals surface area (Å²) in [4.78, 5) is 11.7. The van der Waals surface area contributed by atoms with Crippen LogP contribution < -0.4 is 0 Å². The van der Waals surface area contributed by atoms with Crippen LogP contribution in [0, 0.1) is 0 Å². The third kappa shape index (κ3) is 3.87. The van der Waals surface area contributed by atoms with E-state index in [1.165, 1.54) is 12.5 Å². The number of carbonyl (C=O) groups excluding carboxylic acids is 1. The normalized spacial score (nSPS) is 16.4. The molecule has 0 heterocycles. The molecule has 0 bridgehead atoms. The minimum atomic E-state index is -1.64. The van der Waals surface area contributed by atoms with Gasteiger partial charge in [-0.3, -0.25) is 4.79 Å². The second-order valence-electron chi connectivity index (χ2n) is 8.50. The van der Waals surface area contributed by atoms with Crippen LogP contribution in [0.5, 0.6) is 0 Å². The van der Waals surface area contributed by atoms with Gasteiger partial charge in [-0.15, -0.1) is 0 Å². The van der Waals surface area contributed by atoms with Crippen LogP contribution in [0.3, 0.4) is 0 Å². The van der Waals surface area contributed by atoms with Gasteiger partial charge in [0.1, 0.15) is 5.76 Å². The minimum Gasteiger partial charge on any atom is -0.425 e. The van der Waals surface area contributed by atoms with E-state index in [4.69, 9.17) is 4.74 Å². The fourth-order valence-electron chi connectivity index (χ4n) is 2.81. The lowest BCUT2D eigenvalue weighted by atomic mass is 10.0. The summed E-state index contributed by atoms with van der Waals surface area (Å²) in [5.74, 6) is 0.407. The number of hydrogen-bond acceptors (Lipinski definition) is 2. The van der Waals surface area contributed by atoms with Crippen LogP contribution in [0.15, 0.2) is 47.3 Å². The number of benzene rings is 1. The molecule has 1 aliphatic carbocycles. The molecular formula is C20H28O2Si2. The Labute approximate surface area is 148 Å². The Morgan fingerprint density at radius 1 is 1.04 bits per heavy atom. The summed E-state index contributed by atoms with van der Waals surface area (Å²) >= 11 is 0. The molecular weight excluding hydrogens is 328 g/mol. The maximum Gasteiger partial charge on any atom is 0.308 e. The maximum atomic E-state index is 11.7. The lowest BCUT2D eigenvalue weighted by molar-refractivity contribution is -0.134. The van der Waals surface area contributed by atoms with Crippen molar-refractivity contribution in [3.05, 3.63) is 58.4 Å². The molecule has 128 valence electrons.